The van der Waals surface area contributed by atoms with Crippen LogP contribution >= 0.6 is 0 Å². The van der Waals surface area contributed by atoms with Crippen molar-refractivity contribution >= 4 is 5.78 Å². The van der Waals surface area contributed by atoms with E-state index in [1.165, 1.54) is 5.69 Å². The van der Waals surface area contributed by atoms with Crippen LogP contribution in [0.15, 0.2) is 6.07 Å². The topological polar surface area (TPSA) is 28.5 Å². The van der Waals surface area contributed by atoms with Crippen LogP contribution < -0.4 is 0 Å². The second kappa shape index (κ2) is 6.87. The molecule has 0 atom stereocenters. The fourth-order valence-electron chi connectivity index (χ4n) is 2.35. The maximum atomic E-state index is 12.3. The molecular formula is C15H27N3O. The van der Waals surface area contributed by atoms with Gasteiger partial charge in [0.1, 0.15) is 0 Å². The Labute approximate surface area is 117 Å². The van der Waals surface area contributed by atoms with Gasteiger partial charge in [-0.2, -0.15) is 0 Å². The molecule has 108 valence electrons. The molecule has 0 N–H and O–H groups in total. The van der Waals surface area contributed by atoms with Crippen LogP contribution in [0.5, 0.6) is 0 Å². The lowest BCUT2D eigenvalue weighted by Gasteiger charge is -2.18. The third kappa shape index (κ3) is 4.18. The van der Waals surface area contributed by atoms with Crippen LogP contribution in [0.25, 0.3) is 0 Å². The molecule has 4 heteroatoms. The number of rotatable bonds is 7. The van der Waals surface area contributed by atoms with Gasteiger partial charge in [-0.05, 0) is 48.0 Å². The molecule has 0 saturated carbocycles. The number of ketones is 1. The average molecular weight is 265 g/mol. The van der Waals surface area contributed by atoms with Crippen LogP contribution in [0.1, 0.15) is 28.7 Å². The molecule has 0 saturated heterocycles. The molecule has 1 heterocycles. The highest BCUT2D eigenvalue weighted by molar-refractivity contribution is 5.99. The van der Waals surface area contributed by atoms with E-state index in [0.29, 0.717) is 6.54 Å². The Hall–Kier alpha value is -1.13. The standard InChI is InChI=1S/C15H27N3O/c1-7-18-12(2)10-14(13(18)3)15(19)11-17(6)9-8-16(4)5/h10H,7-9,11H2,1-6H3. The van der Waals surface area contributed by atoms with Crippen LogP contribution in [0.2, 0.25) is 0 Å². The molecule has 4 nitrogen and oxygen atoms in total. The molecule has 0 aliphatic carbocycles. The van der Waals surface area contributed by atoms with E-state index in [0.717, 1.165) is 30.9 Å². The molecule has 0 radical (unpaired) electrons. The van der Waals surface area contributed by atoms with Crippen molar-refractivity contribution in [3.63, 3.8) is 0 Å². The molecule has 0 aromatic carbocycles. The van der Waals surface area contributed by atoms with Crippen molar-refractivity contribution in [1.29, 1.82) is 0 Å². The molecule has 0 amide bonds. The zero-order chi connectivity index (χ0) is 14.6. The maximum Gasteiger partial charge on any atom is 0.178 e. The van der Waals surface area contributed by atoms with Gasteiger partial charge in [0.2, 0.25) is 0 Å². The second-order valence-corrected chi connectivity index (χ2v) is 5.49. The summed E-state index contributed by atoms with van der Waals surface area (Å²) in [6, 6.07) is 2.01. The highest BCUT2D eigenvalue weighted by Crippen LogP contribution is 2.15. The molecule has 1 aromatic heterocycles. The summed E-state index contributed by atoms with van der Waals surface area (Å²) in [5, 5.41) is 0. The first kappa shape index (κ1) is 15.9. The minimum atomic E-state index is 0.217. The van der Waals surface area contributed by atoms with Gasteiger partial charge in [-0.25, -0.2) is 0 Å². The Kier molecular flexibility index (Phi) is 5.76. The summed E-state index contributed by atoms with van der Waals surface area (Å²) in [5.74, 6) is 0.217. The van der Waals surface area contributed by atoms with Crippen molar-refractivity contribution in [3.05, 3.63) is 23.0 Å². The lowest BCUT2D eigenvalue weighted by atomic mass is 10.1. The van der Waals surface area contributed by atoms with Gasteiger partial charge < -0.3 is 9.47 Å². The predicted molar refractivity (Wildman–Crippen MR) is 80.0 cm³/mol. The van der Waals surface area contributed by atoms with Crippen LogP contribution in [0, 0.1) is 13.8 Å². The molecule has 0 aliphatic rings. The Morgan fingerprint density at radius 3 is 2.32 bits per heavy atom. The van der Waals surface area contributed by atoms with E-state index < -0.39 is 0 Å². The van der Waals surface area contributed by atoms with Gasteiger partial charge in [-0.3, -0.25) is 9.69 Å². The lowest BCUT2D eigenvalue weighted by Crippen LogP contribution is -2.32. The van der Waals surface area contributed by atoms with E-state index in [1.54, 1.807) is 0 Å². The van der Waals surface area contributed by atoms with Gasteiger partial charge in [0, 0.05) is 36.6 Å². The Balaban J connectivity index is 2.68. The van der Waals surface area contributed by atoms with E-state index in [-0.39, 0.29) is 5.78 Å². The van der Waals surface area contributed by atoms with Gasteiger partial charge >= 0.3 is 0 Å². The third-order valence-corrected chi connectivity index (χ3v) is 3.53. The minimum Gasteiger partial charge on any atom is -0.349 e. The summed E-state index contributed by atoms with van der Waals surface area (Å²) in [7, 11) is 6.09. The summed E-state index contributed by atoms with van der Waals surface area (Å²) < 4.78 is 2.19. The molecule has 1 aromatic rings. The smallest absolute Gasteiger partial charge is 0.178 e. The molecule has 19 heavy (non-hydrogen) atoms. The molecular weight excluding hydrogens is 238 g/mol. The quantitative estimate of drug-likeness (QED) is 0.704. The SMILES string of the molecule is CCn1c(C)cc(C(=O)CN(C)CCN(C)C)c1C. The number of hydrogen-bond acceptors (Lipinski definition) is 3. The molecule has 1 rings (SSSR count). The Morgan fingerprint density at radius 1 is 1.21 bits per heavy atom. The molecule has 0 aliphatic heterocycles. The van der Waals surface area contributed by atoms with Crippen molar-refractivity contribution < 1.29 is 4.79 Å². The third-order valence-electron chi connectivity index (χ3n) is 3.53. The van der Waals surface area contributed by atoms with Gasteiger partial charge in [-0.15, -0.1) is 0 Å². The summed E-state index contributed by atoms with van der Waals surface area (Å²) >= 11 is 0. The number of hydrogen-bond donors (Lipinski definition) is 0. The van der Waals surface area contributed by atoms with Crippen LogP contribution in [0.4, 0.5) is 0 Å². The first-order valence-corrected chi connectivity index (χ1v) is 6.90. The maximum absolute atomic E-state index is 12.3. The summed E-state index contributed by atoms with van der Waals surface area (Å²) in [6.45, 7) is 9.48. The van der Waals surface area contributed by atoms with Gasteiger partial charge in [0.25, 0.3) is 0 Å². The van der Waals surface area contributed by atoms with E-state index in [1.807, 2.05) is 34.1 Å². The van der Waals surface area contributed by atoms with Crippen LogP contribution in [-0.2, 0) is 6.54 Å². The fraction of sp³-hybridized carbons (Fsp3) is 0.667. The average Bonchev–Trinajstić information content (AvgIpc) is 2.61. The number of aryl methyl sites for hydroxylation is 1. The molecule has 0 spiro atoms. The van der Waals surface area contributed by atoms with Crippen molar-refractivity contribution in [1.82, 2.24) is 14.4 Å². The number of nitrogens with zero attached hydrogens (tertiary/aromatic N) is 3. The van der Waals surface area contributed by atoms with Crippen molar-refractivity contribution in [2.75, 3.05) is 40.8 Å². The number of Topliss-reactive ketones (excluding diaryl/α,β-unsaturated/α-hetero) is 1. The number of likely N-dealkylation sites (N-methyl/N-ethyl adjacent to an activating group) is 2. The van der Waals surface area contributed by atoms with Gasteiger partial charge in [-0.1, -0.05) is 0 Å². The Bertz CT molecular complexity index is 435. The van der Waals surface area contributed by atoms with Crippen molar-refractivity contribution in [3.8, 4) is 0 Å². The summed E-state index contributed by atoms with van der Waals surface area (Å²) in [5.41, 5.74) is 3.13. The molecule has 0 bridgehead atoms. The zero-order valence-electron chi connectivity index (χ0n) is 13.2. The van der Waals surface area contributed by atoms with E-state index in [9.17, 15) is 4.79 Å². The highest BCUT2D eigenvalue weighted by Gasteiger charge is 2.16. The largest absolute Gasteiger partial charge is 0.349 e. The lowest BCUT2D eigenvalue weighted by molar-refractivity contribution is 0.0942. The van der Waals surface area contributed by atoms with E-state index in [2.05, 4.69) is 28.2 Å². The first-order valence-electron chi connectivity index (χ1n) is 6.90. The van der Waals surface area contributed by atoms with E-state index >= 15 is 0 Å². The highest BCUT2D eigenvalue weighted by atomic mass is 16.1. The second-order valence-electron chi connectivity index (χ2n) is 5.49. The van der Waals surface area contributed by atoms with Crippen molar-refractivity contribution in [2.45, 2.75) is 27.3 Å². The monoisotopic (exact) mass is 265 g/mol. The number of aromatic nitrogens is 1. The van der Waals surface area contributed by atoms with Gasteiger partial charge in [0.05, 0.1) is 6.54 Å². The van der Waals surface area contributed by atoms with E-state index in [4.69, 9.17) is 0 Å². The van der Waals surface area contributed by atoms with Crippen LogP contribution in [0.3, 0.4) is 0 Å². The zero-order valence-corrected chi connectivity index (χ0v) is 13.2. The predicted octanol–water partition coefficient (Wildman–Crippen LogP) is 1.80. The first-order chi connectivity index (χ1) is 8.86. The van der Waals surface area contributed by atoms with Crippen LogP contribution in [-0.4, -0.2) is 60.9 Å². The number of carbonyl (C=O) groups is 1. The minimum absolute atomic E-state index is 0.217. The normalized spacial score (nSPS) is 11.6. The summed E-state index contributed by atoms with van der Waals surface area (Å²) in [4.78, 5) is 16.5. The number of carbonyl (C=O) groups excluding carboxylic acids is 1. The Morgan fingerprint density at radius 2 is 1.84 bits per heavy atom. The van der Waals surface area contributed by atoms with Crippen molar-refractivity contribution in [2.24, 2.45) is 0 Å². The fourth-order valence-corrected chi connectivity index (χ4v) is 2.35. The molecule has 0 unspecified atom stereocenters. The van der Waals surface area contributed by atoms with Gasteiger partial charge in [0.15, 0.2) is 5.78 Å². The summed E-state index contributed by atoms with van der Waals surface area (Å²) in [6.07, 6.45) is 0. The molecule has 0 fully saturated rings.